The van der Waals surface area contributed by atoms with Gasteiger partial charge in [-0.05, 0) is 24.3 Å². The summed E-state index contributed by atoms with van der Waals surface area (Å²) in [7, 11) is 0. The number of aromatic nitrogens is 2. The number of hydrogen-bond acceptors (Lipinski definition) is 4. The van der Waals surface area contributed by atoms with Crippen LogP contribution in [-0.4, -0.2) is 50.6 Å². The Morgan fingerprint density at radius 2 is 2.13 bits per heavy atom. The van der Waals surface area contributed by atoms with Crippen molar-refractivity contribution in [3.8, 4) is 0 Å². The molecule has 2 aromatic rings. The van der Waals surface area contributed by atoms with E-state index in [0.717, 1.165) is 10.7 Å². The third-order valence-corrected chi connectivity index (χ3v) is 4.02. The molecule has 0 aliphatic heterocycles. The molecular weight excluding hydrogens is 314 g/mol. The normalized spacial score (nSPS) is 11.1. The molecule has 124 valence electrons. The van der Waals surface area contributed by atoms with Gasteiger partial charge in [-0.1, -0.05) is 31.7 Å². The van der Waals surface area contributed by atoms with Crippen molar-refractivity contribution in [1.29, 1.82) is 0 Å². The number of carboxylic acid groups (broad SMARTS) is 1. The summed E-state index contributed by atoms with van der Waals surface area (Å²) >= 11 is 1.47. The van der Waals surface area contributed by atoms with Crippen LogP contribution in [0.25, 0.3) is 5.52 Å². The number of thioether (sulfide) groups is 1. The summed E-state index contributed by atoms with van der Waals surface area (Å²) in [5, 5.41) is 9.64. The topological polar surface area (TPSA) is 74.9 Å². The predicted octanol–water partition coefficient (Wildman–Crippen LogP) is 2.63. The van der Waals surface area contributed by atoms with E-state index in [1.165, 1.54) is 11.8 Å². The van der Waals surface area contributed by atoms with E-state index < -0.39 is 5.97 Å². The third kappa shape index (κ3) is 4.04. The van der Waals surface area contributed by atoms with E-state index in [-0.39, 0.29) is 24.8 Å². The fourth-order valence-electron chi connectivity index (χ4n) is 2.41. The molecule has 7 heteroatoms. The van der Waals surface area contributed by atoms with Crippen molar-refractivity contribution in [1.82, 2.24) is 14.3 Å². The zero-order chi connectivity index (χ0) is 17.0. The molecule has 1 amide bonds. The number of hydrogen-bond donors (Lipinski definition) is 1. The van der Waals surface area contributed by atoms with Gasteiger partial charge in [0, 0.05) is 19.3 Å². The number of nitrogens with zero attached hydrogens (tertiary/aromatic N) is 3. The average Bonchev–Trinajstić information content (AvgIpc) is 2.89. The first-order valence-corrected chi connectivity index (χ1v) is 8.68. The van der Waals surface area contributed by atoms with Crippen molar-refractivity contribution < 1.29 is 14.7 Å². The number of imidazole rings is 1. The minimum absolute atomic E-state index is 0.0698. The molecule has 2 aromatic heterocycles. The van der Waals surface area contributed by atoms with Crippen molar-refractivity contribution in [3.05, 3.63) is 30.1 Å². The number of carboxylic acids is 1. The maximum atomic E-state index is 12.9. The molecule has 0 aromatic carbocycles. The van der Waals surface area contributed by atoms with Crippen molar-refractivity contribution >= 4 is 29.2 Å². The number of carbonyl (C=O) groups excluding carboxylic acids is 1. The summed E-state index contributed by atoms with van der Waals surface area (Å²) in [6, 6.07) is 5.60. The van der Waals surface area contributed by atoms with Crippen LogP contribution in [0.15, 0.2) is 29.6 Å². The summed E-state index contributed by atoms with van der Waals surface area (Å²) in [6.07, 6.45) is 3.71. The maximum absolute atomic E-state index is 12.9. The van der Waals surface area contributed by atoms with E-state index in [2.05, 4.69) is 4.98 Å². The second-order valence-electron chi connectivity index (χ2n) is 5.69. The molecule has 0 spiro atoms. The van der Waals surface area contributed by atoms with Crippen LogP contribution in [0.3, 0.4) is 0 Å². The highest BCUT2D eigenvalue weighted by molar-refractivity contribution is 7.98. The lowest BCUT2D eigenvalue weighted by Crippen LogP contribution is -2.36. The molecular formula is C16H21N3O3S. The van der Waals surface area contributed by atoms with Gasteiger partial charge in [0.15, 0.2) is 10.9 Å². The molecule has 0 fully saturated rings. The van der Waals surface area contributed by atoms with Gasteiger partial charge in [-0.2, -0.15) is 0 Å². The van der Waals surface area contributed by atoms with E-state index in [1.54, 1.807) is 4.90 Å². The van der Waals surface area contributed by atoms with Gasteiger partial charge in [-0.25, -0.2) is 4.98 Å². The van der Waals surface area contributed by atoms with Gasteiger partial charge in [0.05, 0.1) is 11.9 Å². The zero-order valence-electron chi connectivity index (χ0n) is 13.5. The molecule has 2 rings (SSSR count). The number of pyridine rings is 1. The van der Waals surface area contributed by atoms with Crippen LogP contribution in [0.4, 0.5) is 0 Å². The quantitative estimate of drug-likeness (QED) is 0.787. The number of fused-ring (bicyclic) bond motifs is 1. The van der Waals surface area contributed by atoms with E-state index in [1.807, 2.05) is 48.9 Å². The second kappa shape index (κ2) is 7.50. The molecule has 6 nitrogen and oxygen atoms in total. The van der Waals surface area contributed by atoms with E-state index in [9.17, 15) is 9.59 Å². The fraction of sp³-hybridized carbons (Fsp3) is 0.438. The predicted molar refractivity (Wildman–Crippen MR) is 90.0 cm³/mol. The Hall–Kier alpha value is -2.02. The van der Waals surface area contributed by atoms with E-state index in [4.69, 9.17) is 5.11 Å². The first-order chi connectivity index (χ1) is 10.9. The summed E-state index contributed by atoms with van der Waals surface area (Å²) in [6.45, 7) is 4.69. The minimum Gasteiger partial charge on any atom is -0.481 e. The number of rotatable bonds is 7. The highest BCUT2D eigenvalue weighted by Gasteiger charge is 2.23. The second-order valence-corrected chi connectivity index (χ2v) is 6.47. The molecule has 0 unspecified atom stereocenters. The van der Waals surface area contributed by atoms with Gasteiger partial charge in [0.25, 0.3) is 5.91 Å². The van der Waals surface area contributed by atoms with Crippen molar-refractivity contribution in [2.75, 3.05) is 19.3 Å². The smallest absolute Gasteiger partial charge is 0.305 e. The summed E-state index contributed by atoms with van der Waals surface area (Å²) < 4.78 is 1.88. The summed E-state index contributed by atoms with van der Waals surface area (Å²) in [5.41, 5.74) is 1.12. The van der Waals surface area contributed by atoms with Gasteiger partial charge in [-0.15, -0.1) is 0 Å². The monoisotopic (exact) mass is 335 g/mol. The van der Waals surface area contributed by atoms with Crippen LogP contribution < -0.4 is 0 Å². The third-order valence-electron chi connectivity index (χ3n) is 3.37. The molecule has 2 heterocycles. The van der Waals surface area contributed by atoms with Crippen molar-refractivity contribution in [2.45, 2.75) is 25.4 Å². The first-order valence-electron chi connectivity index (χ1n) is 7.46. The highest BCUT2D eigenvalue weighted by atomic mass is 32.2. The largest absolute Gasteiger partial charge is 0.481 e. The van der Waals surface area contributed by atoms with Gasteiger partial charge < -0.3 is 10.0 Å². The average molecular weight is 335 g/mol. The number of carbonyl (C=O) groups is 2. The van der Waals surface area contributed by atoms with Gasteiger partial charge in [0.1, 0.15) is 0 Å². The lowest BCUT2D eigenvalue weighted by molar-refractivity contribution is -0.137. The van der Waals surface area contributed by atoms with Crippen LogP contribution in [0, 0.1) is 5.92 Å². The van der Waals surface area contributed by atoms with Crippen molar-refractivity contribution in [2.24, 2.45) is 5.92 Å². The van der Waals surface area contributed by atoms with E-state index in [0.29, 0.717) is 12.2 Å². The molecule has 0 aliphatic carbocycles. The number of amides is 1. The zero-order valence-corrected chi connectivity index (χ0v) is 14.3. The fourth-order valence-corrected chi connectivity index (χ4v) is 2.95. The Bertz CT molecular complexity index is 712. The first kappa shape index (κ1) is 17.3. The Morgan fingerprint density at radius 1 is 1.39 bits per heavy atom. The van der Waals surface area contributed by atoms with Crippen LogP contribution >= 0.6 is 11.8 Å². The van der Waals surface area contributed by atoms with Gasteiger partial charge in [-0.3, -0.25) is 14.0 Å². The highest BCUT2D eigenvalue weighted by Crippen LogP contribution is 2.21. The van der Waals surface area contributed by atoms with Gasteiger partial charge >= 0.3 is 5.97 Å². The molecule has 0 bridgehead atoms. The molecule has 0 aliphatic rings. The van der Waals surface area contributed by atoms with Crippen LogP contribution in [0.1, 0.15) is 30.8 Å². The Balaban J connectivity index is 2.37. The molecule has 0 saturated carbocycles. The lowest BCUT2D eigenvalue weighted by Gasteiger charge is -2.23. The number of aliphatic carboxylic acids is 1. The van der Waals surface area contributed by atoms with Crippen LogP contribution in [0.2, 0.25) is 0 Å². The minimum atomic E-state index is -0.911. The lowest BCUT2D eigenvalue weighted by atomic mass is 10.2. The Morgan fingerprint density at radius 3 is 2.74 bits per heavy atom. The summed E-state index contributed by atoms with van der Waals surface area (Å²) in [5.74, 6) is -0.878. The molecule has 0 saturated heterocycles. The van der Waals surface area contributed by atoms with Gasteiger partial charge in [0.2, 0.25) is 0 Å². The van der Waals surface area contributed by atoms with Crippen molar-refractivity contribution in [3.63, 3.8) is 0 Å². The van der Waals surface area contributed by atoms with Crippen LogP contribution in [0.5, 0.6) is 0 Å². The molecule has 1 N–H and O–H groups in total. The molecule has 23 heavy (non-hydrogen) atoms. The van der Waals surface area contributed by atoms with Crippen LogP contribution in [-0.2, 0) is 4.79 Å². The Kier molecular flexibility index (Phi) is 5.65. The van der Waals surface area contributed by atoms with E-state index >= 15 is 0 Å². The maximum Gasteiger partial charge on any atom is 0.305 e. The summed E-state index contributed by atoms with van der Waals surface area (Å²) in [4.78, 5) is 29.8. The standard InChI is InChI=1S/C16H21N3O3S/c1-11(2)10-18(9-7-13(20)21)15(22)14-12-6-4-5-8-19(12)16(17-14)23-3/h4-6,8,11H,7,9-10H2,1-3H3,(H,20,21). The SMILES string of the molecule is CSc1nc(C(=O)N(CCC(=O)O)CC(C)C)c2ccccn12. The Labute approximate surface area is 139 Å². The molecule has 0 atom stereocenters. The molecule has 0 radical (unpaired) electrons.